The van der Waals surface area contributed by atoms with Crippen molar-refractivity contribution >= 4 is 29.3 Å². The van der Waals surface area contributed by atoms with Gasteiger partial charge in [0.05, 0.1) is 6.54 Å². The summed E-state index contributed by atoms with van der Waals surface area (Å²) in [4.78, 5) is 42.3. The summed E-state index contributed by atoms with van der Waals surface area (Å²) in [6.07, 6.45) is 0.262. The number of nitrogens with zero attached hydrogens (tertiary/aromatic N) is 3. The van der Waals surface area contributed by atoms with E-state index in [1.807, 2.05) is 18.7 Å². The van der Waals surface area contributed by atoms with Crippen LogP contribution in [0.4, 0.5) is 0 Å². The molecular formula is C20H29ClN4O3. The molecule has 0 spiro atoms. The van der Waals surface area contributed by atoms with Gasteiger partial charge in [-0.3, -0.25) is 19.3 Å². The number of carbonyl (C=O) groups is 3. The number of rotatable bonds is 8. The van der Waals surface area contributed by atoms with Gasteiger partial charge in [-0.2, -0.15) is 0 Å². The minimum absolute atomic E-state index is 0.0196. The molecule has 1 fully saturated rings. The second kappa shape index (κ2) is 11.0. The zero-order valence-electron chi connectivity index (χ0n) is 16.6. The number of likely N-dealkylation sites (N-methyl/N-ethyl adjacent to an activating group) is 1. The van der Waals surface area contributed by atoms with Gasteiger partial charge < -0.3 is 15.1 Å². The number of amides is 3. The first-order chi connectivity index (χ1) is 13.4. The highest BCUT2D eigenvalue weighted by atomic mass is 35.5. The van der Waals surface area contributed by atoms with Crippen molar-refractivity contribution in [2.24, 2.45) is 0 Å². The summed E-state index contributed by atoms with van der Waals surface area (Å²) in [5.74, 6) is -0.0648. The maximum Gasteiger partial charge on any atom is 0.251 e. The molecule has 1 aromatic carbocycles. The second-order valence-corrected chi connectivity index (χ2v) is 7.17. The van der Waals surface area contributed by atoms with Gasteiger partial charge in [0.15, 0.2) is 0 Å². The molecule has 1 heterocycles. The molecule has 1 saturated heterocycles. The summed E-state index contributed by atoms with van der Waals surface area (Å²) in [5, 5.41) is 3.33. The summed E-state index contributed by atoms with van der Waals surface area (Å²) < 4.78 is 0. The predicted molar refractivity (Wildman–Crippen MR) is 109 cm³/mol. The van der Waals surface area contributed by atoms with Crippen molar-refractivity contribution in [3.8, 4) is 0 Å². The van der Waals surface area contributed by atoms with Gasteiger partial charge in [0, 0.05) is 62.8 Å². The molecule has 0 radical (unpaired) electrons. The Morgan fingerprint density at radius 1 is 1.04 bits per heavy atom. The van der Waals surface area contributed by atoms with Gasteiger partial charge in [-0.1, -0.05) is 11.6 Å². The van der Waals surface area contributed by atoms with Crippen LogP contribution in [0.5, 0.6) is 0 Å². The van der Waals surface area contributed by atoms with Gasteiger partial charge in [-0.15, -0.1) is 0 Å². The lowest BCUT2D eigenvalue weighted by Gasteiger charge is -2.35. The first kappa shape index (κ1) is 22.2. The average molecular weight is 409 g/mol. The fraction of sp³-hybridized carbons (Fsp3) is 0.550. The highest BCUT2D eigenvalue weighted by Gasteiger charge is 2.23. The van der Waals surface area contributed by atoms with Crippen LogP contribution in [0.1, 0.15) is 30.6 Å². The van der Waals surface area contributed by atoms with E-state index in [-0.39, 0.29) is 24.1 Å². The maximum atomic E-state index is 12.4. The molecule has 3 amide bonds. The van der Waals surface area contributed by atoms with E-state index in [1.54, 1.807) is 29.2 Å². The van der Waals surface area contributed by atoms with Crippen molar-refractivity contribution in [1.29, 1.82) is 0 Å². The smallest absolute Gasteiger partial charge is 0.251 e. The lowest BCUT2D eigenvalue weighted by Crippen LogP contribution is -2.51. The van der Waals surface area contributed by atoms with Crippen molar-refractivity contribution in [1.82, 2.24) is 20.0 Å². The van der Waals surface area contributed by atoms with Crippen LogP contribution in [0.2, 0.25) is 5.02 Å². The van der Waals surface area contributed by atoms with Crippen LogP contribution in [-0.2, 0) is 9.59 Å². The molecule has 28 heavy (non-hydrogen) atoms. The zero-order chi connectivity index (χ0) is 20.5. The molecule has 154 valence electrons. The Labute approximate surface area is 171 Å². The van der Waals surface area contributed by atoms with E-state index in [9.17, 15) is 14.4 Å². The predicted octanol–water partition coefficient (Wildman–Crippen LogP) is 1.47. The van der Waals surface area contributed by atoms with Crippen LogP contribution in [0.15, 0.2) is 24.3 Å². The quantitative estimate of drug-likeness (QED) is 0.707. The molecule has 0 saturated carbocycles. The Hall–Kier alpha value is -2.12. The first-order valence-corrected chi connectivity index (χ1v) is 10.1. The molecule has 0 atom stereocenters. The third kappa shape index (κ3) is 6.49. The van der Waals surface area contributed by atoms with Crippen molar-refractivity contribution in [2.45, 2.75) is 20.3 Å². The Morgan fingerprint density at radius 3 is 2.21 bits per heavy atom. The molecule has 8 heteroatoms. The number of benzene rings is 1. The van der Waals surface area contributed by atoms with E-state index in [1.165, 1.54) is 0 Å². The molecule has 0 bridgehead atoms. The van der Waals surface area contributed by atoms with Gasteiger partial charge in [0.1, 0.15) is 0 Å². The van der Waals surface area contributed by atoms with Gasteiger partial charge in [-0.25, -0.2) is 0 Å². The number of halogens is 1. The van der Waals surface area contributed by atoms with Crippen LogP contribution in [-0.4, -0.2) is 84.8 Å². The SMILES string of the molecule is CCN(CC)C(=O)CN1CCN(C(=O)CCNC(=O)c2ccc(Cl)cc2)CC1. The summed E-state index contributed by atoms with van der Waals surface area (Å²) in [6, 6.07) is 6.62. The Morgan fingerprint density at radius 2 is 1.64 bits per heavy atom. The Balaban J connectivity index is 1.68. The van der Waals surface area contributed by atoms with Crippen LogP contribution < -0.4 is 5.32 Å². The number of hydrogen-bond acceptors (Lipinski definition) is 4. The molecule has 1 aromatic rings. The van der Waals surface area contributed by atoms with Gasteiger partial charge in [0.25, 0.3) is 5.91 Å². The van der Waals surface area contributed by atoms with E-state index >= 15 is 0 Å². The molecule has 1 aliphatic heterocycles. The van der Waals surface area contributed by atoms with Crippen LogP contribution in [0.25, 0.3) is 0 Å². The molecule has 1 aliphatic rings. The molecule has 1 N–H and O–H groups in total. The standard InChI is InChI=1S/C20H29ClN4O3/c1-3-24(4-2)19(27)15-23-11-13-25(14-12-23)18(26)9-10-22-20(28)16-5-7-17(21)8-6-16/h5-8H,3-4,9-15H2,1-2H3,(H,22,28). The van der Waals surface area contributed by atoms with Gasteiger partial charge in [0.2, 0.25) is 11.8 Å². The molecule has 7 nitrogen and oxygen atoms in total. The van der Waals surface area contributed by atoms with Crippen LogP contribution in [0, 0.1) is 0 Å². The summed E-state index contributed by atoms with van der Waals surface area (Å²) in [7, 11) is 0. The number of carbonyl (C=O) groups excluding carboxylic acids is 3. The van der Waals surface area contributed by atoms with Crippen molar-refractivity contribution in [3.63, 3.8) is 0 Å². The minimum atomic E-state index is -0.218. The van der Waals surface area contributed by atoms with E-state index in [0.29, 0.717) is 49.9 Å². The monoisotopic (exact) mass is 408 g/mol. The molecule has 2 rings (SSSR count). The fourth-order valence-corrected chi connectivity index (χ4v) is 3.29. The summed E-state index contributed by atoms with van der Waals surface area (Å²) in [6.45, 7) is 8.68. The van der Waals surface area contributed by atoms with Crippen LogP contribution in [0.3, 0.4) is 0 Å². The number of piperazine rings is 1. The fourth-order valence-electron chi connectivity index (χ4n) is 3.17. The lowest BCUT2D eigenvalue weighted by atomic mass is 10.2. The molecular weight excluding hydrogens is 380 g/mol. The number of nitrogens with one attached hydrogen (secondary N) is 1. The zero-order valence-corrected chi connectivity index (χ0v) is 17.4. The molecule has 0 unspecified atom stereocenters. The average Bonchev–Trinajstić information content (AvgIpc) is 2.69. The molecule has 0 aliphatic carbocycles. The van der Waals surface area contributed by atoms with Crippen molar-refractivity contribution in [2.75, 3.05) is 52.4 Å². The van der Waals surface area contributed by atoms with E-state index in [0.717, 1.165) is 13.1 Å². The third-order valence-electron chi connectivity index (χ3n) is 4.93. The topological polar surface area (TPSA) is 73.0 Å². The van der Waals surface area contributed by atoms with E-state index in [2.05, 4.69) is 10.2 Å². The number of hydrogen-bond donors (Lipinski definition) is 1. The van der Waals surface area contributed by atoms with Crippen LogP contribution >= 0.6 is 11.6 Å². The first-order valence-electron chi connectivity index (χ1n) is 9.76. The Bertz CT molecular complexity index is 669. The summed E-state index contributed by atoms with van der Waals surface area (Å²) in [5.41, 5.74) is 0.517. The molecule has 0 aromatic heterocycles. The van der Waals surface area contributed by atoms with E-state index in [4.69, 9.17) is 11.6 Å². The highest BCUT2D eigenvalue weighted by molar-refractivity contribution is 6.30. The second-order valence-electron chi connectivity index (χ2n) is 6.74. The van der Waals surface area contributed by atoms with E-state index < -0.39 is 0 Å². The van der Waals surface area contributed by atoms with Crippen molar-refractivity contribution in [3.05, 3.63) is 34.9 Å². The normalized spacial score (nSPS) is 14.6. The van der Waals surface area contributed by atoms with Crippen molar-refractivity contribution < 1.29 is 14.4 Å². The highest BCUT2D eigenvalue weighted by Crippen LogP contribution is 2.09. The van der Waals surface area contributed by atoms with Gasteiger partial charge >= 0.3 is 0 Å². The largest absolute Gasteiger partial charge is 0.352 e. The minimum Gasteiger partial charge on any atom is -0.352 e. The van der Waals surface area contributed by atoms with Gasteiger partial charge in [-0.05, 0) is 38.1 Å². The maximum absolute atomic E-state index is 12.4. The summed E-state index contributed by atoms with van der Waals surface area (Å²) >= 11 is 5.81. The third-order valence-corrected chi connectivity index (χ3v) is 5.18. The lowest BCUT2D eigenvalue weighted by molar-refractivity contribution is -0.134. The Kier molecular flexibility index (Phi) is 8.73.